The van der Waals surface area contributed by atoms with Gasteiger partial charge in [-0.25, -0.2) is 0 Å². The molecule has 1 fully saturated rings. The van der Waals surface area contributed by atoms with Gasteiger partial charge in [0, 0.05) is 30.0 Å². The molecule has 1 aliphatic rings. The highest BCUT2D eigenvalue weighted by Crippen LogP contribution is 2.17. The number of ether oxygens (including phenoxy) is 2. The third-order valence-electron chi connectivity index (χ3n) is 4.30. The molecule has 2 N–H and O–H groups in total. The molecule has 0 saturated carbocycles. The van der Waals surface area contributed by atoms with Gasteiger partial charge in [-0.05, 0) is 49.4 Å². The van der Waals surface area contributed by atoms with Crippen molar-refractivity contribution < 1.29 is 19.1 Å². The second-order valence-electron chi connectivity index (χ2n) is 6.43. The van der Waals surface area contributed by atoms with E-state index in [0.29, 0.717) is 49.1 Å². The highest BCUT2D eigenvalue weighted by molar-refractivity contribution is 6.04. The average molecular weight is 383 g/mol. The maximum atomic E-state index is 12.4. The van der Waals surface area contributed by atoms with E-state index in [1.165, 1.54) is 0 Å². The fourth-order valence-electron chi connectivity index (χ4n) is 2.90. The van der Waals surface area contributed by atoms with E-state index in [2.05, 4.69) is 15.5 Å². The highest BCUT2D eigenvalue weighted by Gasteiger charge is 2.14. The lowest BCUT2D eigenvalue weighted by Crippen LogP contribution is -2.41. The number of morpholine rings is 1. The van der Waals surface area contributed by atoms with Crippen LogP contribution in [0.2, 0.25) is 0 Å². The number of hydrogen-bond acceptors (Lipinski definition) is 5. The topological polar surface area (TPSA) is 79.9 Å². The van der Waals surface area contributed by atoms with E-state index in [9.17, 15) is 9.59 Å². The largest absolute Gasteiger partial charge is 0.494 e. The number of hydrogen-bond donors (Lipinski definition) is 2. The molecular formula is C21H25N3O4. The van der Waals surface area contributed by atoms with Crippen LogP contribution in [0.25, 0.3) is 0 Å². The minimum Gasteiger partial charge on any atom is -0.494 e. The van der Waals surface area contributed by atoms with Crippen LogP contribution >= 0.6 is 0 Å². The van der Waals surface area contributed by atoms with Crippen LogP contribution in [0.15, 0.2) is 48.5 Å². The number of anilines is 2. The molecule has 0 atom stereocenters. The van der Waals surface area contributed by atoms with Crippen LogP contribution in [0.3, 0.4) is 0 Å². The Morgan fingerprint density at radius 1 is 1.04 bits per heavy atom. The molecular weight excluding hydrogens is 358 g/mol. The summed E-state index contributed by atoms with van der Waals surface area (Å²) in [6.45, 7) is 5.64. The number of amides is 2. The molecule has 1 heterocycles. The summed E-state index contributed by atoms with van der Waals surface area (Å²) < 4.78 is 10.7. The molecule has 3 rings (SSSR count). The van der Waals surface area contributed by atoms with Crippen molar-refractivity contribution in [3.8, 4) is 5.75 Å². The van der Waals surface area contributed by atoms with Crippen molar-refractivity contribution in [2.75, 3.05) is 50.1 Å². The third-order valence-corrected chi connectivity index (χ3v) is 4.30. The van der Waals surface area contributed by atoms with Gasteiger partial charge in [-0.1, -0.05) is 6.07 Å². The van der Waals surface area contributed by atoms with Crippen LogP contribution in [0.4, 0.5) is 11.4 Å². The Bertz CT molecular complexity index is 802. The maximum Gasteiger partial charge on any atom is 0.255 e. The van der Waals surface area contributed by atoms with E-state index >= 15 is 0 Å². The minimum atomic E-state index is -0.217. The van der Waals surface area contributed by atoms with Gasteiger partial charge in [0.25, 0.3) is 5.91 Å². The fraction of sp³-hybridized carbons (Fsp3) is 0.333. The van der Waals surface area contributed by atoms with E-state index in [-0.39, 0.29) is 11.8 Å². The van der Waals surface area contributed by atoms with Crippen LogP contribution < -0.4 is 15.4 Å². The van der Waals surface area contributed by atoms with Gasteiger partial charge in [0.15, 0.2) is 0 Å². The number of nitrogens with one attached hydrogen (secondary N) is 2. The molecule has 7 nitrogen and oxygen atoms in total. The summed E-state index contributed by atoms with van der Waals surface area (Å²) in [6.07, 6.45) is 0. The van der Waals surface area contributed by atoms with Gasteiger partial charge >= 0.3 is 0 Å². The van der Waals surface area contributed by atoms with Gasteiger partial charge in [-0.15, -0.1) is 0 Å². The van der Waals surface area contributed by atoms with E-state index in [1.807, 2.05) is 13.0 Å². The van der Waals surface area contributed by atoms with Crippen molar-refractivity contribution in [3.63, 3.8) is 0 Å². The summed E-state index contributed by atoms with van der Waals surface area (Å²) in [4.78, 5) is 26.6. The monoisotopic (exact) mass is 383 g/mol. The fourth-order valence-corrected chi connectivity index (χ4v) is 2.90. The summed E-state index contributed by atoms with van der Waals surface area (Å²) in [5, 5.41) is 5.72. The van der Waals surface area contributed by atoms with Gasteiger partial charge in [0.1, 0.15) is 5.75 Å². The first kappa shape index (κ1) is 19.9. The predicted octanol–water partition coefficient (Wildman–Crippen LogP) is 2.61. The lowest BCUT2D eigenvalue weighted by molar-refractivity contribution is -0.118. The Morgan fingerprint density at radius 2 is 1.71 bits per heavy atom. The van der Waals surface area contributed by atoms with E-state index in [0.717, 1.165) is 13.1 Å². The summed E-state index contributed by atoms with van der Waals surface area (Å²) in [5.41, 5.74) is 1.86. The van der Waals surface area contributed by atoms with E-state index in [4.69, 9.17) is 9.47 Å². The van der Waals surface area contributed by atoms with Gasteiger partial charge < -0.3 is 20.1 Å². The van der Waals surface area contributed by atoms with Gasteiger partial charge in [0.05, 0.1) is 26.4 Å². The molecule has 1 aliphatic heterocycles. The SMILES string of the molecule is CCOc1cccc(C(=O)Nc2ccc(NC(=O)CN3CCOCC3)cc2)c1. The molecule has 2 aromatic rings. The van der Waals surface area contributed by atoms with E-state index < -0.39 is 0 Å². The Hall–Kier alpha value is -2.90. The van der Waals surface area contributed by atoms with Crippen LogP contribution in [0.5, 0.6) is 5.75 Å². The van der Waals surface area contributed by atoms with Crippen molar-refractivity contribution in [2.45, 2.75) is 6.92 Å². The predicted molar refractivity (Wildman–Crippen MR) is 108 cm³/mol. The Morgan fingerprint density at radius 3 is 2.39 bits per heavy atom. The van der Waals surface area contributed by atoms with Gasteiger partial charge in [-0.3, -0.25) is 14.5 Å². The molecule has 148 valence electrons. The van der Waals surface area contributed by atoms with Crippen LogP contribution in [0.1, 0.15) is 17.3 Å². The van der Waals surface area contributed by atoms with Crippen molar-refractivity contribution in [2.24, 2.45) is 0 Å². The zero-order chi connectivity index (χ0) is 19.8. The first-order valence-electron chi connectivity index (χ1n) is 9.38. The Balaban J connectivity index is 1.53. The average Bonchev–Trinajstić information content (AvgIpc) is 2.70. The lowest BCUT2D eigenvalue weighted by Gasteiger charge is -2.25. The van der Waals surface area contributed by atoms with Crippen molar-refractivity contribution in [1.82, 2.24) is 4.90 Å². The molecule has 1 saturated heterocycles. The molecule has 0 aromatic heterocycles. The second kappa shape index (κ2) is 9.87. The third kappa shape index (κ3) is 5.80. The number of carbonyl (C=O) groups is 2. The molecule has 2 amide bonds. The van der Waals surface area contributed by atoms with Crippen LogP contribution in [-0.2, 0) is 9.53 Å². The molecule has 7 heteroatoms. The first-order valence-corrected chi connectivity index (χ1v) is 9.38. The first-order chi connectivity index (χ1) is 13.6. The number of rotatable bonds is 7. The van der Waals surface area contributed by atoms with E-state index in [1.54, 1.807) is 42.5 Å². The minimum absolute atomic E-state index is 0.0635. The lowest BCUT2D eigenvalue weighted by atomic mass is 10.2. The summed E-state index contributed by atoms with van der Waals surface area (Å²) >= 11 is 0. The number of nitrogens with zero attached hydrogens (tertiary/aromatic N) is 1. The normalized spacial score (nSPS) is 14.3. The summed E-state index contributed by atoms with van der Waals surface area (Å²) in [6, 6.07) is 14.1. The molecule has 0 spiro atoms. The van der Waals surface area contributed by atoms with Crippen LogP contribution in [0, 0.1) is 0 Å². The maximum absolute atomic E-state index is 12.4. The zero-order valence-corrected chi connectivity index (χ0v) is 15.9. The molecule has 0 unspecified atom stereocenters. The van der Waals surface area contributed by atoms with Crippen molar-refractivity contribution in [1.29, 1.82) is 0 Å². The van der Waals surface area contributed by atoms with Gasteiger partial charge in [0.2, 0.25) is 5.91 Å². The zero-order valence-electron chi connectivity index (χ0n) is 15.9. The van der Waals surface area contributed by atoms with Gasteiger partial charge in [-0.2, -0.15) is 0 Å². The summed E-state index contributed by atoms with van der Waals surface area (Å²) in [5.74, 6) is 0.380. The molecule has 28 heavy (non-hydrogen) atoms. The smallest absolute Gasteiger partial charge is 0.255 e. The second-order valence-corrected chi connectivity index (χ2v) is 6.43. The highest BCUT2D eigenvalue weighted by atomic mass is 16.5. The number of carbonyl (C=O) groups excluding carboxylic acids is 2. The molecule has 0 bridgehead atoms. The van der Waals surface area contributed by atoms with Crippen molar-refractivity contribution >= 4 is 23.2 Å². The summed E-state index contributed by atoms with van der Waals surface area (Å²) in [7, 11) is 0. The molecule has 2 aromatic carbocycles. The molecule has 0 radical (unpaired) electrons. The quantitative estimate of drug-likeness (QED) is 0.768. The van der Waals surface area contributed by atoms with Crippen LogP contribution in [-0.4, -0.2) is 56.2 Å². The Kier molecular flexibility index (Phi) is 7.00. The standard InChI is InChI=1S/C21H25N3O4/c1-2-28-19-5-3-4-16(14-19)21(26)23-18-8-6-17(7-9-18)22-20(25)15-24-10-12-27-13-11-24/h3-9,14H,2,10-13,15H2,1H3,(H,22,25)(H,23,26). The van der Waals surface area contributed by atoms with Crippen molar-refractivity contribution in [3.05, 3.63) is 54.1 Å². The number of benzene rings is 2. The Labute approximate surface area is 164 Å². The molecule has 0 aliphatic carbocycles.